The van der Waals surface area contributed by atoms with Crippen LogP contribution in [0.25, 0.3) is 20.9 Å². The van der Waals surface area contributed by atoms with E-state index < -0.39 is 39.2 Å². The van der Waals surface area contributed by atoms with Crippen molar-refractivity contribution in [1.29, 1.82) is 0 Å². The van der Waals surface area contributed by atoms with Gasteiger partial charge in [0.2, 0.25) is 20.0 Å². The minimum Gasteiger partial charge on any atom is -0.207 e. The summed E-state index contributed by atoms with van der Waals surface area (Å²) in [6.45, 7) is 6.26. The van der Waals surface area contributed by atoms with Crippen LogP contribution in [0.4, 0.5) is 0 Å². The third-order valence-corrected chi connectivity index (χ3v) is 15.3. The largest absolute Gasteiger partial charge is 0.240 e. The van der Waals surface area contributed by atoms with Crippen molar-refractivity contribution in [2.75, 3.05) is 26.0 Å². The number of hydrogen-bond donors (Lipinski definition) is 8. The van der Waals surface area contributed by atoms with Crippen LogP contribution in [0.1, 0.15) is 44.3 Å². The van der Waals surface area contributed by atoms with E-state index in [0.29, 0.717) is 42.4 Å². The monoisotopic (exact) mass is 1020 g/mol. The molecular weight excluding hydrogens is 969 g/mol. The second-order valence-electron chi connectivity index (χ2n) is 15.6. The molecule has 0 spiro atoms. The molecule has 2 amide bonds. The molecule has 17 nitrogen and oxygen atoms in total. The minimum atomic E-state index is -3.66. The normalized spacial score (nSPS) is 12.3. The molecule has 0 bridgehead atoms. The maximum atomic E-state index is 12.6. The van der Waals surface area contributed by atoms with Gasteiger partial charge in [0.25, 0.3) is 5.91 Å². The van der Waals surface area contributed by atoms with Gasteiger partial charge in [0, 0.05) is 25.2 Å². The molecule has 2 atom stereocenters. The fraction of sp³-hybridized carbons (Fsp3) is 0.239. The molecule has 2 unspecified atom stereocenters. The van der Waals surface area contributed by atoms with E-state index in [1.54, 1.807) is 62.4 Å². The molecule has 4 aromatic carbocycles. The van der Waals surface area contributed by atoms with Crippen LogP contribution >= 0.6 is 22.7 Å². The van der Waals surface area contributed by atoms with Crippen LogP contribution in [0.2, 0.25) is 6.82 Å². The van der Waals surface area contributed by atoms with Crippen LogP contribution in [-0.4, -0.2) is 99.0 Å². The van der Waals surface area contributed by atoms with Crippen molar-refractivity contribution in [1.82, 2.24) is 36.0 Å². The van der Waals surface area contributed by atoms with E-state index in [4.69, 9.17) is 0 Å². The fourth-order valence-corrected chi connectivity index (χ4v) is 10.7. The Morgan fingerprint density at radius 3 is 1.43 bits per heavy atom. The molecule has 0 saturated heterocycles. The molecule has 70 heavy (non-hydrogen) atoms. The number of hydrogen-bond acceptors (Lipinski definition) is 13. The second kappa shape index (κ2) is 27.4. The molecule has 0 aliphatic rings. The molecule has 0 aliphatic heterocycles. The van der Waals surface area contributed by atoms with Gasteiger partial charge in [0.05, 0.1) is 9.79 Å². The van der Waals surface area contributed by atoms with Gasteiger partial charge in [-0.3, -0.25) is 4.79 Å². The Morgan fingerprint density at radius 2 is 1.01 bits per heavy atom. The summed E-state index contributed by atoms with van der Waals surface area (Å²) in [5.41, 5.74) is 3.97. The quantitative estimate of drug-likeness (QED) is 0.0194. The Labute approximate surface area is 418 Å². The molecule has 6 rings (SSSR count). The van der Waals surface area contributed by atoms with Gasteiger partial charge in [-0.25, -0.2) is 26.3 Å². The van der Waals surface area contributed by atoms with Crippen molar-refractivity contribution < 1.29 is 40.9 Å². The smallest absolute Gasteiger partial charge is 0.207 e. The number of benzene rings is 4. The topological polar surface area (TPSA) is 253 Å². The molecule has 6 aromatic rings. The number of carbonyl (C=O) groups excluding carboxylic acids is 2. The van der Waals surface area contributed by atoms with E-state index in [9.17, 15) is 40.9 Å². The summed E-state index contributed by atoms with van der Waals surface area (Å²) in [5.74, 6) is -0.199. The Balaban J connectivity index is 0.000000265. The first-order valence-corrected chi connectivity index (χ1v) is 26.6. The SMILES string of the molecule is CB(O)N=C(NCB=O)NCc1ccc(-c2ccc(C(=O)NCC(C)NS(=O)(=O)c3ccccc3)s2)cc1.CC(CNC(=O)c1ccc(-c2ccc(CNCB=O)cc2)s1)NS(=O)(=O)c1ccccc1. The van der Waals surface area contributed by atoms with Gasteiger partial charge in [-0.2, -0.15) is 0 Å². The number of sulfonamides is 2. The van der Waals surface area contributed by atoms with Crippen molar-refractivity contribution in [2.24, 2.45) is 4.90 Å². The predicted octanol–water partition coefficient (Wildman–Crippen LogP) is 4.27. The van der Waals surface area contributed by atoms with E-state index in [0.717, 1.165) is 39.2 Å². The Kier molecular flexibility index (Phi) is 21.5. The van der Waals surface area contributed by atoms with Crippen molar-refractivity contribution >= 4 is 81.8 Å². The number of nitrogens with one attached hydrogen (secondary N) is 7. The number of amides is 2. The van der Waals surface area contributed by atoms with Gasteiger partial charge in [0.15, 0.2) is 0 Å². The average molecular weight is 1020 g/mol. The van der Waals surface area contributed by atoms with Gasteiger partial charge < -0.3 is 5.32 Å². The zero-order valence-corrected chi connectivity index (χ0v) is 41.9. The molecule has 2 aromatic heterocycles. The second-order valence-corrected chi connectivity index (χ2v) is 21.2. The average Bonchev–Trinajstić information content (AvgIpc) is 4.06. The third-order valence-electron chi connectivity index (χ3n) is 9.78. The first kappa shape index (κ1) is 55.0. The summed E-state index contributed by atoms with van der Waals surface area (Å²) in [5, 5.41) is 23.9. The Morgan fingerprint density at radius 1 is 0.586 bits per heavy atom. The van der Waals surface area contributed by atoms with E-state index in [1.807, 2.05) is 60.7 Å². The molecule has 0 radical (unpaired) electrons. The van der Waals surface area contributed by atoms with Crippen molar-refractivity contribution in [3.63, 3.8) is 0 Å². The molecule has 0 aliphatic carbocycles. The van der Waals surface area contributed by atoms with Crippen LogP contribution in [0, 0.1) is 0 Å². The van der Waals surface area contributed by atoms with E-state index in [1.165, 1.54) is 53.8 Å². The Hall–Kier alpha value is -5.98. The van der Waals surface area contributed by atoms with Crippen LogP contribution in [0.5, 0.6) is 0 Å². The van der Waals surface area contributed by atoms with Gasteiger partial charge in [0.1, 0.15) is 0 Å². The van der Waals surface area contributed by atoms with Crippen LogP contribution in [0.3, 0.4) is 0 Å². The molecule has 24 heteroatoms. The summed E-state index contributed by atoms with van der Waals surface area (Å²) in [6, 6.07) is 38.1. The molecule has 364 valence electrons. The molecule has 8 N–H and O–H groups in total. The van der Waals surface area contributed by atoms with Gasteiger partial charge in [-0.1, -0.05) is 36.4 Å². The summed E-state index contributed by atoms with van der Waals surface area (Å²) in [6.07, 6.45) is 0.394. The van der Waals surface area contributed by atoms with E-state index in [-0.39, 0.29) is 41.1 Å². The number of guanidine groups is 1. The zero-order valence-electron chi connectivity index (χ0n) is 38.6. The summed E-state index contributed by atoms with van der Waals surface area (Å²) < 4.78 is 75.7. The van der Waals surface area contributed by atoms with Crippen LogP contribution < -0.4 is 36.0 Å². The first-order chi connectivity index (χ1) is 33.6. The van der Waals surface area contributed by atoms with Crippen LogP contribution in [0.15, 0.2) is 148 Å². The Bertz CT molecular complexity index is 2890. The molecule has 2 heterocycles. The maximum Gasteiger partial charge on any atom is 0.240 e. The molecular formula is C46H53B3N8O9S4. The van der Waals surface area contributed by atoms with Crippen LogP contribution in [-0.2, 0) is 42.5 Å². The van der Waals surface area contributed by atoms with Gasteiger partial charge in [-0.05, 0) is 38.1 Å². The van der Waals surface area contributed by atoms with E-state index >= 15 is 0 Å². The molecule has 0 fully saturated rings. The van der Waals surface area contributed by atoms with Gasteiger partial charge >= 0.3 is 249 Å². The first-order valence-electron chi connectivity index (χ1n) is 22.0. The number of thiophene rings is 2. The third kappa shape index (κ3) is 17.8. The number of carbonyl (C=O) groups is 2. The van der Waals surface area contributed by atoms with Gasteiger partial charge in [-0.15, -0.1) is 0 Å². The molecule has 0 saturated carbocycles. The number of rotatable bonds is 23. The van der Waals surface area contributed by atoms with Crippen molar-refractivity contribution in [2.45, 2.75) is 55.6 Å². The summed E-state index contributed by atoms with van der Waals surface area (Å²) >= 11 is 2.71. The zero-order chi connectivity index (χ0) is 50.5. The van der Waals surface area contributed by atoms with Crippen molar-refractivity contribution in [3.8, 4) is 20.9 Å². The number of nitrogens with zero attached hydrogens (tertiary/aromatic N) is 1. The predicted molar refractivity (Wildman–Crippen MR) is 277 cm³/mol. The van der Waals surface area contributed by atoms with E-state index in [2.05, 4.69) is 40.9 Å². The summed E-state index contributed by atoms with van der Waals surface area (Å²) in [7, 11) is -6.68. The minimum absolute atomic E-state index is 0.0774. The van der Waals surface area contributed by atoms with Crippen molar-refractivity contribution in [3.05, 3.63) is 154 Å². The fourth-order valence-electron chi connectivity index (χ4n) is 6.36. The maximum absolute atomic E-state index is 12.6. The summed E-state index contributed by atoms with van der Waals surface area (Å²) in [4.78, 5) is 32.4. The standard InChI is InChI=1S/C24H29B2N5O5S2.C22H24BN3O4S2/c1-17(31-38(35,36)20-6-4-3-5-7-20)14-27-23(32)22-13-12-21(37-22)19-10-8-18(9-11-19)15-28-24(29-16-25-33)30-26(2)34;1-16(26-32(29,30)19-5-3-2-4-6-19)13-25-22(27)21-12-11-20(31-21)18-9-7-17(8-10-18)14-24-15-23-28/h3-13,17,31,34H,14-16H2,1-2H3,(H,27,32)(H2,28,29,30);2-12,16,24,26H,13-15H2,1H3,(H,25,27).